The van der Waals surface area contributed by atoms with Crippen LogP contribution in [0.25, 0.3) is 4.96 Å². The molecule has 0 aliphatic carbocycles. The lowest BCUT2D eigenvalue weighted by Gasteiger charge is -2.30. The second-order valence-corrected chi connectivity index (χ2v) is 8.41. The van der Waals surface area contributed by atoms with Crippen molar-refractivity contribution in [3.05, 3.63) is 34.5 Å². The summed E-state index contributed by atoms with van der Waals surface area (Å²) in [5.41, 5.74) is 1.82. The van der Waals surface area contributed by atoms with Crippen LogP contribution >= 0.6 is 22.7 Å². The monoisotopic (exact) mass is 375 g/mol. The molecule has 1 saturated heterocycles. The van der Waals surface area contributed by atoms with E-state index < -0.39 is 0 Å². The van der Waals surface area contributed by atoms with E-state index in [0.29, 0.717) is 5.13 Å². The van der Waals surface area contributed by atoms with E-state index in [1.54, 1.807) is 11.3 Å². The SMILES string of the molecule is CC1CCCN(Cc2csc(NC(=O)Cc3cn4ccsc4n3)n2)C1. The molecule has 4 rings (SSSR count). The van der Waals surface area contributed by atoms with Crippen LogP contribution in [-0.4, -0.2) is 38.3 Å². The molecule has 6 nitrogen and oxygen atoms in total. The van der Waals surface area contributed by atoms with Crippen molar-refractivity contribution >= 4 is 38.7 Å². The van der Waals surface area contributed by atoms with Gasteiger partial charge < -0.3 is 5.32 Å². The third kappa shape index (κ3) is 4.08. The number of carbonyl (C=O) groups excluding carboxylic acids is 1. The average Bonchev–Trinajstić information content (AvgIpc) is 3.24. The van der Waals surface area contributed by atoms with Crippen molar-refractivity contribution in [3.8, 4) is 0 Å². The molecule has 0 aromatic carbocycles. The van der Waals surface area contributed by atoms with Crippen LogP contribution in [0.1, 0.15) is 31.2 Å². The van der Waals surface area contributed by atoms with Gasteiger partial charge in [-0.2, -0.15) is 0 Å². The molecule has 3 aromatic rings. The van der Waals surface area contributed by atoms with Gasteiger partial charge in [-0.1, -0.05) is 6.92 Å². The summed E-state index contributed by atoms with van der Waals surface area (Å²) in [7, 11) is 0. The Labute approximate surface area is 154 Å². The van der Waals surface area contributed by atoms with E-state index in [0.717, 1.165) is 41.9 Å². The van der Waals surface area contributed by atoms with Crippen LogP contribution < -0.4 is 5.32 Å². The third-order valence-corrected chi connectivity index (χ3v) is 5.99. The Morgan fingerprint density at radius 3 is 3.12 bits per heavy atom. The van der Waals surface area contributed by atoms with Crippen molar-refractivity contribution in [3.63, 3.8) is 0 Å². The Balaban J connectivity index is 1.32. The molecule has 0 bridgehead atoms. The fourth-order valence-corrected chi connectivity index (χ4v) is 4.72. The van der Waals surface area contributed by atoms with Crippen LogP contribution in [0.3, 0.4) is 0 Å². The van der Waals surface area contributed by atoms with E-state index in [1.807, 2.05) is 27.6 Å². The molecule has 1 N–H and O–H groups in total. The highest BCUT2D eigenvalue weighted by Crippen LogP contribution is 2.21. The fraction of sp³-hybridized carbons (Fsp3) is 0.471. The number of amides is 1. The number of carbonyl (C=O) groups is 1. The van der Waals surface area contributed by atoms with Gasteiger partial charge in [0.25, 0.3) is 0 Å². The predicted octanol–water partition coefficient (Wildman–Crippen LogP) is 3.27. The minimum Gasteiger partial charge on any atom is -0.302 e. The highest BCUT2D eigenvalue weighted by Gasteiger charge is 2.17. The molecular formula is C17H21N5OS2. The van der Waals surface area contributed by atoms with Crippen LogP contribution in [0.15, 0.2) is 23.2 Å². The fourth-order valence-electron chi connectivity index (χ4n) is 3.29. The number of hydrogen-bond acceptors (Lipinski definition) is 6. The quantitative estimate of drug-likeness (QED) is 0.743. The maximum atomic E-state index is 12.2. The summed E-state index contributed by atoms with van der Waals surface area (Å²) in [4.78, 5) is 24.6. The maximum Gasteiger partial charge on any atom is 0.232 e. The normalized spacial score (nSPS) is 18.7. The first-order valence-corrected chi connectivity index (χ1v) is 10.3. The largest absolute Gasteiger partial charge is 0.302 e. The molecule has 25 heavy (non-hydrogen) atoms. The molecule has 4 heterocycles. The number of anilines is 1. The Bertz CT molecular complexity index is 839. The number of nitrogens with zero attached hydrogens (tertiary/aromatic N) is 4. The zero-order chi connectivity index (χ0) is 17.2. The van der Waals surface area contributed by atoms with Gasteiger partial charge in [0.1, 0.15) is 0 Å². The van der Waals surface area contributed by atoms with Crippen LogP contribution in [0, 0.1) is 5.92 Å². The third-order valence-electron chi connectivity index (χ3n) is 4.41. The molecule has 8 heteroatoms. The second kappa shape index (κ2) is 7.23. The molecular weight excluding hydrogens is 354 g/mol. The standard InChI is InChI=1S/C17H21N5OS2/c1-12-3-2-4-21(8-12)9-14-11-25-16(18-14)20-15(23)7-13-10-22-5-6-24-17(22)19-13/h5-6,10-12H,2-4,7-9H2,1H3,(H,18,20,23). The number of aromatic nitrogens is 3. The van der Waals surface area contributed by atoms with Crippen LogP contribution in [0.5, 0.6) is 0 Å². The Kier molecular flexibility index (Phi) is 4.82. The number of fused-ring (bicyclic) bond motifs is 1. The van der Waals surface area contributed by atoms with Gasteiger partial charge in [-0.25, -0.2) is 9.97 Å². The van der Waals surface area contributed by atoms with Gasteiger partial charge in [-0.15, -0.1) is 22.7 Å². The molecule has 3 aromatic heterocycles. The van der Waals surface area contributed by atoms with Crippen molar-refractivity contribution in [2.75, 3.05) is 18.4 Å². The van der Waals surface area contributed by atoms with Crippen molar-refractivity contribution in [1.29, 1.82) is 0 Å². The van der Waals surface area contributed by atoms with Gasteiger partial charge in [-0.05, 0) is 25.3 Å². The number of thiazole rings is 2. The van der Waals surface area contributed by atoms with Gasteiger partial charge in [0.05, 0.1) is 17.8 Å². The number of piperidine rings is 1. The zero-order valence-electron chi connectivity index (χ0n) is 14.1. The zero-order valence-corrected chi connectivity index (χ0v) is 15.8. The molecule has 1 atom stereocenters. The molecule has 0 saturated carbocycles. The molecule has 1 aliphatic rings. The van der Waals surface area contributed by atoms with Crippen molar-refractivity contribution in [1.82, 2.24) is 19.3 Å². The smallest absolute Gasteiger partial charge is 0.232 e. The average molecular weight is 376 g/mol. The first-order chi connectivity index (χ1) is 12.2. The van der Waals surface area contributed by atoms with Crippen LogP contribution in [0.2, 0.25) is 0 Å². The summed E-state index contributed by atoms with van der Waals surface area (Å²) in [6.07, 6.45) is 6.70. The van der Waals surface area contributed by atoms with Crippen LogP contribution in [0.4, 0.5) is 5.13 Å². The van der Waals surface area contributed by atoms with Gasteiger partial charge >= 0.3 is 0 Å². The number of likely N-dealkylation sites (tertiary alicyclic amines) is 1. The molecule has 1 unspecified atom stereocenters. The van der Waals surface area contributed by atoms with E-state index in [1.165, 1.54) is 24.2 Å². The summed E-state index contributed by atoms with van der Waals surface area (Å²) >= 11 is 3.06. The van der Waals surface area contributed by atoms with E-state index >= 15 is 0 Å². The Morgan fingerprint density at radius 1 is 1.36 bits per heavy atom. The van der Waals surface area contributed by atoms with Gasteiger partial charge in [0.15, 0.2) is 10.1 Å². The summed E-state index contributed by atoms with van der Waals surface area (Å²) in [5, 5.41) is 7.59. The lowest BCUT2D eigenvalue weighted by Crippen LogP contribution is -2.33. The summed E-state index contributed by atoms with van der Waals surface area (Å²) in [5.74, 6) is 0.689. The lowest BCUT2D eigenvalue weighted by molar-refractivity contribution is -0.115. The number of nitrogens with one attached hydrogen (secondary N) is 1. The van der Waals surface area contributed by atoms with E-state index in [4.69, 9.17) is 0 Å². The van der Waals surface area contributed by atoms with E-state index in [-0.39, 0.29) is 12.3 Å². The van der Waals surface area contributed by atoms with Gasteiger partial charge in [0.2, 0.25) is 5.91 Å². The summed E-state index contributed by atoms with van der Waals surface area (Å²) in [6.45, 7) is 5.45. The topological polar surface area (TPSA) is 62.5 Å². The van der Waals surface area contributed by atoms with Gasteiger partial charge in [0, 0.05) is 36.2 Å². The van der Waals surface area contributed by atoms with Crippen LogP contribution in [-0.2, 0) is 17.8 Å². The number of imidazole rings is 1. The number of rotatable bonds is 5. The highest BCUT2D eigenvalue weighted by molar-refractivity contribution is 7.15. The molecule has 1 fully saturated rings. The first kappa shape index (κ1) is 16.7. The predicted molar refractivity (Wildman–Crippen MR) is 101 cm³/mol. The highest BCUT2D eigenvalue weighted by atomic mass is 32.1. The van der Waals surface area contributed by atoms with E-state index in [2.05, 4.69) is 27.1 Å². The summed E-state index contributed by atoms with van der Waals surface area (Å²) < 4.78 is 1.94. The lowest BCUT2D eigenvalue weighted by atomic mass is 10.0. The maximum absolute atomic E-state index is 12.2. The Morgan fingerprint density at radius 2 is 2.28 bits per heavy atom. The molecule has 1 aliphatic heterocycles. The van der Waals surface area contributed by atoms with Crippen molar-refractivity contribution < 1.29 is 4.79 Å². The molecule has 132 valence electrons. The first-order valence-electron chi connectivity index (χ1n) is 8.53. The van der Waals surface area contributed by atoms with Gasteiger partial charge in [-0.3, -0.25) is 14.1 Å². The molecule has 0 spiro atoms. The van der Waals surface area contributed by atoms with Crippen molar-refractivity contribution in [2.45, 2.75) is 32.7 Å². The molecule has 1 amide bonds. The second-order valence-electron chi connectivity index (χ2n) is 6.68. The summed E-state index contributed by atoms with van der Waals surface area (Å²) in [6, 6.07) is 0. The minimum atomic E-state index is -0.0711. The number of hydrogen-bond donors (Lipinski definition) is 1. The Hall–Kier alpha value is -1.77. The van der Waals surface area contributed by atoms with Crippen molar-refractivity contribution in [2.24, 2.45) is 5.92 Å². The van der Waals surface area contributed by atoms with E-state index in [9.17, 15) is 4.79 Å². The minimum absolute atomic E-state index is 0.0711. The molecule has 0 radical (unpaired) electrons.